The summed E-state index contributed by atoms with van der Waals surface area (Å²) in [5.74, 6) is -0.540. The van der Waals surface area contributed by atoms with Crippen LogP contribution in [0, 0.1) is 0 Å². The molecule has 1 aromatic carbocycles. The molecule has 0 spiro atoms. The van der Waals surface area contributed by atoms with Gasteiger partial charge in [0.25, 0.3) is 11.8 Å². The predicted octanol–water partition coefficient (Wildman–Crippen LogP) is 2.99. The minimum atomic E-state index is -0.305. The minimum Gasteiger partial charge on any atom is -0.321 e. The van der Waals surface area contributed by atoms with Crippen molar-refractivity contribution in [3.63, 3.8) is 0 Å². The molecule has 116 valence electrons. The number of anilines is 2. The Morgan fingerprint density at radius 3 is 2.61 bits per heavy atom. The highest BCUT2D eigenvalue weighted by Gasteiger charge is 2.15. The van der Waals surface area contributed by atoms with E-state index in [1.54, 1.807) is 60.5 Å². The lowest BCUT2D eigenvalue weighted by molar-refractivity contribution is 0.102. The molecule has 0 unspecified atom stereocenters. The highest BCUT2D eigenvalue weighted by atomic mass is 32.1. The third kappa shape index (κ3) is 3.46. The maximum Gasteiger partial charge on any atom is 0.265 e. The Morgan fingerprint density at radius 1 is 1.09 bits per heavy atom. The molecule has 0 saturated heterocycles. The molecule has 2 N–H and O–H groups in total. The zero-order valence-corrected chi connectivity index (χ0v) is 13.1. The van der Waals surface area contributed by atoms with Gasteiger partial charge in [0.2, 0.25) is 0 Å². The smallest absolute Gasteiger partial charge is 0.265 e. The van der Waals surface area contributed by atoms with Crippen LogP contribution in [0.15, 0.2) is 54.2 Å². The molecule has 0 atom stereocenters. The van der Waals surface area contributed by atoms with Crippen LogP contribution >= 0.6 is 11.3 Å². The molecular weight excluding hydrogens is 312 g/mol. The Bertz CT molecular complexity index is 839. The fourth-order valence-corrected chi connectivity index (χ4v) is 2.68. The van der Waals surface area contributed by atoms with Crippen LogP contribution in [0.3, 0.4) is 0 Å². The molecule has 6 nitrogen and oxygen atoms in total. The SMILES string of the molecule is Cn1cc(NC(=O)c2ccccc2NC(=O)c2cccs2)cn1. The van der Waals surface area contributed by atoms with Crippen molar-refractivity contribution in [1.29, 1.82) is 0 Å². The number of nitrogens with one attached hydrogen (secondary N) is 2. The van der Waals surface area contributed by atoms with Crippen LogP contribution in [-0.2, 0) is 7.05 Å². The van der Waals surface area contributed by atoms with Crippen LogP contribution in [-0.4, -0.2) is 21.6 Å². The molecule has 2 amide bonds. The highest BCUT2D eigenvalue weighted by Crippen LogP contribution is 2.19. The second kappa shape index (κ2) is 6.45. The number of benzene rings is 1. The van der Waals surface area contributed by atoms with Gasteiger partial charge in [-0.05, 0) is 23.6 Å². The Kier molecular flexibility index (Phi) is 4.20. The molecule has 23 heavy (non-hydrogen) atoms. The molecule has 3 aromatic rings. The standard InChI is InChI=1S/C16H14N4O2S/c1-20-10-11(9-17-20)18-15(21)12-5-2-3-6-13(12)19-16(22)14-7-4-8-23-14/h2-10H,1H3,(H,18,21)(H,19,22). The van der Waals surface area contributed by atoms with Gasteiger partial charge >= 0.3 is 0 Å². The van der Waals surface area contributed by atoms with Gasteiger partial charge in [0.15, 0.2) is 0 Å². The zero-order chi connectivity index (χ0) is 16.2. The topological polar surface area (TPSA) is 76.0 Å². The summed E-state index contributed by atoms with van der Waals surface area (Å²) in [7, 11) is 1.77. The van der Waals surface area contributed by atoms with Gasteiger partial charge in [-0.25, -0.2) is 0 Å². The van der Waals surface area contributed by atoms with Gasteiger partial charge in [-0.15, -0.1) is 11.3 Å². The lowest BCUT2D eigenvalue weighted by Gasteiger charge is -2.10. The highest BCUT2D eigenvalue weighted by molar-refractivity contribution is 7.12. The number of hydrogen-bond donors (Lipinski definition) is 2. The first kappa shape index (κ1) is 15.0. The van der Waals surface area contributed by atoms with Gasteiger partial charge in [-0.3, -0.25) is 14.3 Å². The van der Waals surface area contributed by atoms with Crippen LogP contribution in [0.4, 0.5) is 11.4 Å². The molecule has 2 aromatic heterocycles. The molecule has 0 aliphatic carbocycles. The largest absolute Gasteiger partial charge is 0.321 e. The van der Waals surface area contributed by atoms with Crippen LogP contribution in [0.2, 0.25) is 0 Å². The molecule has 0 aliphatic rings. The van der Waals surface area contributed by atoms with Gasteiger partial charge in [-0.1, -0.05) is 18.2 Å². The van der Waals surface area contributed by atoms with Gasteiger partial charge in [-0.2, -0.15) is 5.10 Å². The molecule has 0 radical (unpaired) electrons. The van der Waals surface area contributed by atoms with Gasteiger partial charge in [0, 0.05) is 13.2 Å². The van der Waals surface area contributed by atoms with Crippen LogP contribution < -0.4 is 10.6 Å². The van der Waals surface area contributed by atoms with Crippen molar-refractivity contribution >= 4 is 34.5 Å². The first-order chi connectivity index (χ1) is 11.1. The normalized spacial score (nSPS) is 10.3. The Balaban J connectivity index is 1.80. The van der Waals surface area contributed by atoms with E-state index in [4.69, 9.17) is 0 Å². The summed E-state index contributed by atoms with van der Waals surface area (Å²) in [6, 6.07) is 10.4. The molecule has 7 heteroatoms. The third-order valence-electron chi connectivity index (χ3n) is 3.13. The third-order valence-corrected chi connectivity index (χ3v) is 4.00. The van der Waals surface area contributed by atoms with Gasteiger partial charge in [0.05, 0.1) is 28.0 Å². The van der Waals surface area contributed by atoms with E-state index in [0.717, 1.165) is 0 Å². The van der Waals surface area contributed by atoms with Crippen LogP contribution in [0.5, 0.6) is 0 Å². The number of amides is 2. The van der Waals surface area contributed by atoms with Crippen LogP contribution in [0.1, 0.15) is 20.0 Å². The Labute approximate surface area is 136 Å². The van der Waals surface area contributed by atoms with Crippen molar-refractivity contribution in [2.24, 2.45) is 7.05 Å². The molecule has 3 rings (SSSR count). The quantitative estimate of drug-likeness (QED) is 0.774. The average molecular weight is 326 g/mol. The minimum absolute atomic E-state index is 0.235. The molecule has 0 saturated carbocycles. The fourth-order valence-electron chi connectivity index (χ4n) is 2.07. The summed E-state index contributed by atoms with van der Waals surface area (Å²) in [4.78, 5) is 25.2. The average Bonchev–Trinajstić information content (AvgIpc) is 3.19. The number of carbonyl (C=O) groups excluding carboxylic acids is 2. The number of hydrogen-bond acceptors (Lipinski definition) is 4. The number of para-hydroxylation sites is 1. The summed E-state index contributed by atoms with van der Waals surface area (Å²) in [6.45, 7) is 0. The molecule has 0 fully saturated rings. The number of thiophene rings is 1. The summed E-state index contributed by atoms with van der Waals surface area (Å²) >= 11 is 1.35. The van der Waals surface area contributed by atoms with E-state index in [-0.39, 0.29) is 11.8 Å². The van der Waals surface area contributed by atoms with Gasteiger partial charge < -0.3 is 10.6 Å². The lowest BCUT2D eigenvalue weighted by Crippen LogP contribution is -2.17. The molecule has 0 bridgehead atoms. The summed E-state index contributed by atoms with van der Waals surface area (Å²) in [6.07, 6.45) is 3.26. The van der Waals surface area contributed by atoms with E-state index in [2.05, 4.69) is 15.7 Å². The van der Waals surface area contributed by atoms with E-state index >= 15 is 0 Å². The molecule has 0 aliphatic heterocycles. The van der Waals surface area contributed by atoms with Crippen molar-refractivity contribution in [2.75, 3.05) is 10.6 Å². The molecular formula is C16H14N4O2S. The maximum absolute atomic E-state index is 12.4. The fraction of sp³-hybridized carbons (Fsp3) is 0.0625. The van der Waals surface area contributed by atoms with Crippen LogP contribution in [0.25, 0.3) is 0 Å². The van der Waals surface area contributed by atoms with Crippen molar-refractivity contribution in [1.82, 2.24) is 9.78 Å². The van der Waals surface area contributed by atoms with Gasteiger partial charge in [0.1, 0.15) is 0 Å². The van der Waals surface area contributed by atoms with E-state index < -0.39 is 0 Å². The van der Waals surface area contributed by atoms with Crippen molar-refractivity contribution in [3.8, 4) is 0 Å². The Hall–Kier alpha value is -2.93. The maximum atomic E-state index is 12.4. The number of rotatable bonds is 4. The second-order valence-electron chi connectivity index (χ2n) is 4.83. The van der Waals surface area contributed by atoms with E-state index in [0.29, 0.717) is 21.8 Å². The zero-order valence-electron chi connectivity index (χ0n) is 12.3. The summed E-state index contributed by atoms with van der Waals surface area (Å²) < 4.78 is 1.60. The first-order valence-electron chi connectivity index (χ1n) is 6.87. The van der Waals surface area contributed by atoms with Crippen molar-refractivity contribution in [2.45, 2.75) is 0 Å². The summed E-state index contributed by atoms with van der Waals surface area (Å²) in [5, 5.41) is 11.4. The monoisotopic (exact) mass is 326 g/mol. The van der Waals surface area contributed by atoms with E-state index in [9.17, 15) is 9.59 Å². The molecule has 2 heterocycles. The first-order valence-corrected chi connectivity index (χ1v) is 7.75. The number of aromatic nitrogens is 2. The van der Waals surface area contributed by atoms with Crippen molar-refractivity contribution < 1.29 is 9.59 Å². The lowest BCUT2D eigenvalue weighted by atomic mass is 10.1. The number of aryl methyl sites for hydroxylation is 1. The predicted molar refractivity (Wildman–Crippen MR) is 89.9 cm³/mol. The van der Waals surface area contributed by atoms with E-state index in [1.807, 2.05) is 5.38 Å². The van der Waals surface area contributed by atoms with Crippen molar-refractivity contribution in [3.05, 3.63) is 64.6 Å². The second-order valence-corrected chi connectivity index (χ2v) is 5.78. The number of carbonyl (C=O) groups is 2. The van der Waals surface area contributed by atoms with E-state index in [1.165, 1.54) is 11.3 Å². The summed E-state index contributed by atoms with van der Waals surface area (Å²) in [5.41, 5.74) is 1.45. The number of nitrogens with zero attached hydrogens (tertiary/aromatic N) is 2. The Morgan fingerprint density at radius 2 is 1.91 bits per heavy atom.